The standard InChI is InChI=1S/C22H19N7O6S2/c1-34-27-15(13-9-37-22(23)25-13)18(30)26-16-19(31)29-17(21(32)33)12(8-36-20(16)29)7-28-4-2-11(3-5-28)14-6-24-10-35-14/h2-6,9-10,16,20H,7-8H2,1H3,(H3-,23,25,26,30,32,33)/b27-15-/t16-,20-/m0/s1. The van der Waals surface area contributed by atoms with E-state index >= 15 is 0 Å². The molecule has 2 amide bonds. The van der Waals surface area contributed by atoms with Crippen LogP contribution in [0.5, 0.6) is 0 Å². The highest BCUT2D eigenvalue weighted by molar-refractivity contribution is 8.00. The van der Waals surface area contributed by atoms with E-state index in [1.54, 1.807) is 23.2 Å². The molecule has 0 radical (unpaired) electrons. The lowest BCUT2D eigenvalue weighted by Crippen LogP contribution is -2.71. The maximum Gasteiger partial charge on any atom is 0.276 e. The van der Waals surface area contributed by atoms with Crippen molar-refractivity contribution in [1.82, 2.24) is 20.2 Å². The lowest BCUT2D eigenvalue weighted by atomic mass is 10.0. The fourth-order valence-corrected chi connectivity index (χ4v) is 5.88. The van der Waals surface area contributed by atoms with Gasteiger partial charge in [-0.2, -0.15) is 0 Å². The Morgan fingerprint density at radius 3 is 2.81 bits per heavy atom. The van der Waals surface area contributed by atoms with Crippen molar-refractivity contribution in [2.75, 3.05) is 18.6 Å². The van der Waals surface area contributed by atoms with E-state index < -0.39 is 29.2 Å². The lowest BCUT2D eigenvalue weighted by Gasteiger charge is -2.50. The minimum atomic E-state index is -1.46. The number of carboxylic acids is 1. The molecule has 2 aliphatic heterocycles. The Kier molecular flexibility index (Phi) is 6.62. The van der Waals surface area contributed by atoms with Gasteiger partial charge in [0, 0.05) is 34.4 Å². The molecule has 5 heterocycles. The van der Waals surface area contributed by atoms with Crippen LogP contribution in [0.2, 0.25) is 0 Å². The summed E-state index contributed by atoms with van der Waals surface area (Å²) in [6.07, 6.45) is 6.48. The second kappa shape index (κ2) is 10.0. The van der Waals surface area contributed by atoms with E-state index in [1.165, 1.54) is 30.6 Å². The van der Waals surface area contributed by atoms with Crippen LogP contribution >= 0.6 is 23.1 Å². The van der Waals surface area contributed by atoms with E-state index in [-0.39, 0.29) is 28.8 Å². The number of nitrogen functional groups attached to an aromatic ring is 1. The molecule has 190 valence electrons. The van der Waals surface area contributed by atoms with Gasteiger partial charge in [0.25, 0.3) is 11.8 Å². The summed E-state index contributed by atoms with van der Waals surface area (Å²) in [6, 6.07) is 2.67. The molecular weight excluding hydrogens is 522 g/mol. The molecule has 37 heavy (non-hydrogen) atoms. The van der Waals surface area contributed by atoms with Crippen molar-refractivity contribution in [3.63, 3.8) is 0 Å². The fraction of sp³-hybridized carbons (Fsp3) is 0.227. The number of thiazole rings is 1. The van der Waals surface area contributed by atoms with Gasteiger partial charge in [0.05, 0.1) is 17.9 Å². The molecule has 1 saturated heterocycles. The third-order valence-electron chi connectivity index (χ3n) is 5.67. The largest absolute Gasteiger partial charge is 0.543 e. The molecule has 0 saturated carbocycles. The number of amides is 2. The zero-order valence-corrected chi connectivity index (χ0v) is 20.8. The van der Waals surface area contributed by atoms with Crippen LogP contribution in [0.25, 0.3) is 11.3 Å². The van der Waals surface area contributed by atoms with E-state index in [0.717, 1.165) is 21.8 Å². The summed E-state index contributed by atoms with van der Waals surface area (Å²) < 4.78 is 7.07. The molecule has 2 atom stereocenters. The van der Waals surface area contributed by atoms with Crippen molar-refractivity contribution in [2.45, 2.75) is 18.0 Å². The average Bonchev–Trinajstić information content (AvgIpc) is 3.58. The molecule has 0 aromatic carbocycles. The number of β-lactam (4-membered cyclic amide) rings is 1. The highest BCUT2D eigenvalue weighted by Crippen LogP contribution is 2.40. The topological polar surface area (TPSA) is 180 Å². The first kappa shape index (κ1) is 24.5. The number of fused-ring (bicyclic) bond motifs is 1. The van der Waals surface area contributed by atoms with Crippen LogP contribution in [0.3, 0.4) is 0 Å². The SMILES string of the molecule is CO/N=C(\C(=O)N[C@H]1C(=O)N2C(C(=O)[O-])=C(C[n+]3ccc(-c4cnco4)cc3)CS[C@@H]12)c1csc(N)n1. The third kappa shape index (κ3) is 4.65. The van der Waals surface area contributed by atoms with Crippen LogP contribution in [-0.2, 0) is 25.8 Å². The number of aromatic nitrogens is 3. The summed E-state index contributed by atoms with van der Waals surface area (Å²) in [5.41, 5.74) is 6.83. The predicted molar refractivity (Wildman–Crippen MR) is 129 cm³/mol. The van der Waals surface area contributed by atoms with E-state index in [1.807, 2.05) is 12.1 Å². The molecule has 3 aromatic heterocycles. The Hall–Kier alpha value is -4.24. The summed E-state index contributed by atoms with van der Waals surface area (Å²) in [4.78, 5) is 51.7. The zero-order valence-electron chi connectivity index (χ0n) is 19.2. The van der Waals surface area contributed by atoms with Crippen LogP contribution in [0.1, 0.15) is 5.69 Å². The number of nitrogens with one attached hydrogen (secondary N) is 1. The molecule has 0 aliphatic carbocycles. The summed E-state index contributed by atoms with van der Waals surface area (Å²) in [7, 11) is 1.27. The molecule has 0 unspecified atom stereocenters. The number of hydrogen-bond acceptors (Lipinski definition) is 12. The molecule has 0 spiro atoms. The van der Waals surface area contributed by atoms with Gasteiger partial charge in [0.1, 0.15) is 24.2 Å². The highest BCUT2D eigenvalue weighted by Gasteiger charge is 2.53. The van der Waals surface area contributed by atoms with Gasteiger partial charge < -0.3 is 30.2 Å². The van der Waals surface area contributed by atoms with Gasteiger partial charge in [0.15, 0.2) is 41.9 Å². The van der Waals surface area contributed by atoms with E-state index in [0.29, 0.717) is 17.1 Å². The predicted octanol–water partition coefficient (Wildman–Crippen LogP) is -0.878. The Labute approximate surface area is 217 Å². The number of oxime groups is 1. The number of oxazole rings is 1. The summed E-state index contributed by atoms with van der Waals surface area (Å²) in [6.45, 7) is 0.233. The Balaban J connectivity index is 1.32. The van der Waals surface area contributed by atoms with Gasteiger partial charge >= 0.3 is 0 Å². The number of anilines is 1. The second-order valence-corrected chi connectivity index (χ2v) is 9.91. The normalized spacial score (nSPS) is 19.3. The number of rotatable bonds is 8. The number of pyridine rings is 1. The van der Waals surface area contributed by atoms with Crippen molar-refractivity contribution in [2.24, 2.45) is 5.16 Å². The molecule has 0 bridgehead atoms. The highest BCUT2D eigenvalue weighted by atomic mass is 32.2. The number of carbonyl (C=O) groups excluding carboxylic acids is 3. The first-order chi connectivity index (χ1) is 17.9. The summed E-state index contributed by atoms with van der Waals surface area (Å²) in [5, 5.41) is 19.5. The zero-order chi connectivity index (χ0) is 26.1. The van der Waals surface area contributed by atoms with Gasteiger partial charge in [-0.15, -0.1) is 23.1 Å². The van der Waals surface area contributed by atoms with Crippen LogP contribution in [0.4, 0.5) is 5.13 Å². The van der Waals surface area contributed by atoms with Crippen LogP contribution in [0, 0.1) is 0 Å². The molecule has 5 rings (SSSR count). The van der Waals surface area contributed by atoms with Crippen molar-refractivity contribution >= 4 is 51.7 Å². The second-order valence-electron chi connectivity index (χ2n) is 7.92. The first-order valence-electron chi connectivity index (χ1n) is 10.8. The Morgan fingerprint density at radius 1 is 1.41 bits per heavy atom. The molecule has 3 aromatic rings. The summed E-state index contributed by atoms with van der Waals surface area (Å²) in [5.74, 6) is -1.80. The van der Waals surface area contributed by atoms with Crippen molar-refractivity contribution in [3.8, 4) is 11.3 Å². The maximum atomic E-state index is 13.0. The fourth-order valence-electron chi connectivity index (χ4n) is 4.00. The van der Waals surface area contributed by atoms with E-state index in [4.69, 9.17) is 15.0 Å². The minimum absolute atomic E-state index is 0.149. The van der Waals surface area contributed by atoms with Crippen molar-refractivity contribution in [1.29, 1.82) is 0 Å². The number of nitrogens with zero attached hydrogens (tertiary/aromatic N) is 5. The molecule has 15 heteroatoms. The van der Waals surface area contributed by atoms with E-state index in [9.17, 15) is 19.5 Å². The molecule has 2 aliphatic rings. The first-order valence-corrected chi connectivity index (χ1v) is 12.7. The lowest BCUT2D eigenvalue weighted by molar-refractivity contribution is -0.689. The van der Waals surface area contributed by atoms with Crippen molar-refractivity contribution < 1.29 is 33.3 Å². The molecule has 1 fully saturated rings. The van der Waals surface area contributed by atoms with Gasteiger partial charge in [-0.05, 0) is 0 Å². The van der Waals surface area contributed by atoms with Gasteiger partial charge in [-0.1, -0.05) is 5.16 Å². The Bertz CT molecular complexity index is 1420. The van der Waals surface area contributed by atoms with Crippen LogP contribution in [0.15, 0.2) is 63.3 Å². The maximum absolute atomic E-state index is 13.0. The average molecular weight is 542 g/mol. The smallest absolute Gasteiger partial charge is 0.276 e. The van der Waals surface area contributed by atoms with Gasteiger partial charge in [-0.25, -0.2) is 14.5 Å². The molecular formula is C22H19N7O6S2. The minimum Gasteiger partial charge on any atom is -0.543 e. The van der Waals surface area contributed by atoms with Crippen molar-refractivity contribution in [3.05, 3.63) is 59.5 Å². The summed E-state index contributed by atoms with van der Waals surface area (Å²) >= 11 is 2.46. The number of carbonyl (C=O) groups is 3. The number of hydrogen-bond donors (Lipinski definition) is 2. The third-order valence-corrected chi connectivity index (χ3v) is 7.68. The quantitative estimate of drug-likeness (QED) is 0.157. The number of aliphatic carboxylic acids is 1. The Morgan fingerprint density at radius 2 is 2.19 bits per heavy atom. The molecule has 13 nitrogen and oxygen atoms in total. The monoisotopic (exact) mass is 541 g/mol. The van der Waals surface area contributed by atoms with E-state index in [2.05, 4.69) is 20.4 Å². The number of carboxylic acid groups (broad SMARTS) is 1. The van der Waals surface area contributed by atoms with Crippen LogP contribution < -0.4 is 20.7 Å². The number of thioether (sulfide) groups is 1. The molecule has 3 N–H and O–H groups in total. The number of nitrogens with two attached hydrogens (primary N) is 1. The van der Waals surface area contributed by atoms with Crippen LogP contribution in [-0.4, -0.2) is 62.6 Å². The van der Waals surface area contributed by atoms with Gasteiger partial charge in [-0.3, -0.25) is 14.5 Å². The van der Waals surface area contributed by atoms with Gasteiger partial charge in [0.2, 0.25) is 0 Å².